The molecule has 1 aromatic carbocycles. The van der Waals surface area contributed by atoms with E-state index in [0.29, 0.717) is 6.04 Å². The van der Waals surface area contributed by atoms with E-state index in [1.807, 2.05) is 29.2 Å². The van der Waals surface area contributed by atoms with Crippen LogP contribution >= 0.6 is 0 Å². The minimum Gasteiger partial charge on any atom is -0.399 e. The molecule has 0 bridgehead atoms. The van der Waals surface area contributed by atoms with Gasteiger partial charge in [0.1, 0.15) is 0 Å². The third-order valence-electron chi connectivity index (χ3n) is 3.46. The summed E-state index contributed by atoms with van der Waals surface area (Å²) in [6.07, 6.45) is 1.03. The highest BCUT2D eigenvalue weighted by molar-refractivity contribution is 5.73. The van der Waals surface area contributed by atoms with Crippen LogP contribution in [0.4, 0.5) is 11.4 Å². The van der Waals surface area contributed by atoms with Crippen LogP contribution in [0.3, 0.4) is 0 Å². The lowest BCUT2D eigenvalue weighted by Crippen LogP contribution is -2.35. The molecule has 2 N–H and O–H groups in total. The van der Waals surface area contributed by atoms with E-state index in [4.69, 9.17) is 5.73 Å². The van der Waals surface area contributed by atoms with Crippen LogP contribution in [-0.4, -0.2) is 37.0 Å². The summed E-state index contributed by atoms with van der Waals surface area (Å²) in [7, 11) is 2.07. The summed E-state index contributed by atoms with van der Waals surface area (Å²) in [5.41, 5.74) is 7.60. The van der Waals surface area contributed by atoms with Gasteiger partial charge in [0.15, 0.2) is 0 Å². The normalized spacial score (nSPS) is 19.4. The van der Waals surface area contributed by atoms with Crippen LogP contribution in [0.5, 0.6) is 0 Å². The van der Waals surface area contributed by atoms with E-state index in [9.17, 15) is 4.79 Å². The molecule has 4 heteroatoms. The van der Waals surface area contributed by atoms with E-state index in [1.165, 1.54) is 0 Å². The summed E-state index contributed by atoms with van der Waals surface area (Å²) in [6, 6.07) is 8.26. The third-order valence-corrected chi connectivity index (χ3v) is 3.46. The summed E-state index contributed by atoms with van der Waals surface area (Å²) >= 11 is 0. The van der Waals surface area contributed by atoms with Gasteiger partial charge in [0.05, 0.1) is 0 Å². The van der Waals surface area contributed by atoms with Crippen LogP contribution in [0.2, 0.25) is 0 Å². The zero-order chi connectivity index (χ0) is 12.4. The molecule has 92 valence electrons. The Morgan fingerprint density at radius 1 is 1.41 bits per heavy atom. The molecule has 1 aliphatic rings. The summed E-state index contributed by atoms with van der Waals surface area (Å²) in [4.78, 5) is 15.4. The van der Waals surface area contributed by atoms with E-state index in [0.717, 1.165) is 30.9 Å². The van der Waals surface area contributed by atoms with Gasteiger partial charge in [-0.25, -0.2) is 0 Å². The van der Waals surface area contributed by atoms with E-state index in [1.54, 1.807) is 6.92 Å². The van der Waals surface area contributed by atoms with Crippen molar-refractivity contribution in [3.05, 3.63) is 24.3 Å². The number of nitrogen functional groups attached to an aromatic ring is 1. The molecule has 0 unspecified atom stereocenters. The molecule has 0 radical (unpaired) electrons. The van der Waals surface area contributed by atoms with Crippen molar-refractivity contribution in [3.63, 3.8) is 0 Å². The van der Waals surface area contributed by atoms with Crippen LogP contribution in [0.15, 0.2) is 24.3 Å². The Kier molecular flexibility index (Phi) is 3.22. The number of likely N-dealkylation sites (tertiary alicyclic amines) is 1. The molecule has 1 amide bonds. The first-order valence-electron chi connectivity index (χ1n) is 5.92. The van der Waals surface area contributed by atoms with Gasteiger partial charge in [-0.1, -0.05) is 0 Å². The Morgan fingerprint density at radius 2 is 2.06 bits per heavy atom. The fourth-order valence-corrected chi connectivity index (χ4v) is 2.26. The van der Waals surface area contributed by atoms with E-state index >= 15 is 0 Å². The zero-order valence-electron chi connectivity index (χ0n) is 10.4. The highest BCUT2D eigenvalue weighted by Crippen LogP contribution is 2.22. The lowest BCUT2D eigenvalue weighted by atomic mass is 10.2. The van der Waals surface area contributed by atoms with Crippen molar-refractivity contribution in [3.8, 4) is 0 Å². The Hall–Kier alpha value is -1.71. The van der Waals surface area contributed by atoms with Gasteiger partial charge in [-0.3, -0.25) is 4.79 Å². The molecule has 1 heterocycles. The average Bonchev–Trinajstić information content (AvgIpc) is 2.78. The quantitative estimate of drug-likeness (QED) is 0.784. The molecule has 1 atom stereocenters. The largest absolute Gasteiger partial charge is 0.399 e. The number of nitrogens with two attached hydrogens (primary N) is 1. The van der Waals surface area contributed by atoms with Crippen LogP contribution in [0.1, 0.15) is 13.3 Å². The zero-order valence-corrected chi connectivity index (χ0v) is 10.4. The first-order valence-corrected chi connectivity index (χ1v) is 5.92. The lowest BCUT2D eigenvalue weighted by molar-refractivity contribution is -0.127. The second-order valence-electron chi connectivity index (χ2n) is 4.61. The van der Waals surface area contributed by atoms with Crippen molar-refractivity contribution in [1.29, 1.82) is 0 Å². The monoisotopic (exact) mass is 233 g/mol. The fourth-order valence-electron chi connectivity index (χ4n) is 2.26. The summed E-state index contributed by atoms with van der Waals surface area (Å²) < 4.78 is 0. The molecular formula is C13H19N3O. The minimum atomic E-state index is 0.165. The maximum Gasteiger partial charge on any atom is 0.219 e. The number of rotatable bonds is 2. The average molecular weight is 233 g/mol. The SMILES string of the molecule is CC(=O)N1CC[C@H](N(C)c2ccc(N)cc2)C1. The molecule has 1 fully saturated rings. The molecule has 0 saturated carbocycles. The molecule has 2 rings (SSSR count). The molecule has 4 nitrogen and oxygen atoms in total. The molecule has 0 aromatic heterocycles. The van der Waals surface area contributed by atoms with Crippen LogP contribution in [-0.2, 0) is 4.79 Å². The van der Waals surface area contributed by atoms with Crippen molar-refractivity contribution in [2.45, 2.75) is 19.4 Å². The number of likely N-dealkylation sites (N-methyl/N-ethyl adjacent to an activating group) is 1. The predicted octanol–water partition coefficient (Wildman–Crippen LogP) is 1.33. The molecule has 1 aliphatic heterocycles. The van der Waals surface area contributed by atoms with Crippen molar-refractivity contribution < 1.29 is 4.79 Å². The number of carbonyl (C=O) groups excluding carboxylic acids is 1. The number of benzene rings is 1. The van der Waals surface area contributed by atoms with E-state index in [-0.39, 0.29) is 5.91 Å². The molecule has 1 saturated heterocycles. The highest BCUT2D eigenvalue weighted by Gasteiger charge is 2.27. The molecule has 0 aliphatic carbocycles. The van der Waals surface area contributed by atoms with Gasteiger partial charge in [-0.2, -0.15) is 0 Å². The van der Waals surface area contributed by atoms with Gasteiger partial charge < -0.3 is 15.5 Å². The molecule has 1 aromatic rings. The van der Waals surface area contributed by atoms with Crippen molar-refractivity contribution >= 4 is 17.3 Å². The van der Waals surface area contributed by atoms with Gasteiger partial charge in [0.2, 0.25) is 5.91 Å². The Morgan fingerprint density at radius 3 is 2.59 bits per heavy atom. The Balaban J connectivity index is 2.04. The van der Waals surface area contributed by atoms with Gasteiger partial charge in [-0.05, 0) is 30.7 Å². The van der Waals surface area contributed by atoms with Crippen LogP contribution in [0, 0.1) is 0 Å². The number of amides is 1. The van der Waals surface area contributed by atoms with E-state index in [2.05, 4.69) is 11.9 Å². The molecule has 17 heavy (non-hydrogen) atoms. The number of anilines is 2. The maximum atomic E-state index is 11.3. The molecule has 0 spiro atoms. The van der Waals surface area contributed by atoms with E-state index < -0.39 is 0 Å². The lowest BCUT2D eigenvalue weighted by Gasteiger charge is -2.26. The summed E-state index contributed by atoms with van der Waals surface area (Å²) in [5, 5.41) is 0. The maximum absolute atomic E-state index is 11.3. The van der Waals surface area contributed by atoms with Crippen molar-refractivity contribution in [2.24, 2.45) is 0 Å². The Bertz CT molecular complexity index is 402. The van der Waals surface area contributed by atoms with Gasteiger partial charge in [0, 0.05) is 44.5 Å². The standard InChI is InChI=1S/C13H19N3O/c1-10(17)16-8-7-13(9-16)15(2)12-5-3-11(14)4-6-12/h3-6,13H,7-9,14H2,1-2H3/t13-/m0/s1. The summed E-state index contributed by atoms with van der Waals surface area (Å²) in [5.74, 6) is 0.165. The second-order valence-corrected chi connectivity index (χ2v) is 4.61. The number of hydrogen-bond acceptors (Lipinski definition) is 3. The molecular weight excluding hydrogens is 214 g/mol. The number of nitrogens with zero attached hydrogens (tertiary/aromatic N) is 2. The van der Waals surface area contributed by atoms with Crippen LogP contribution < -0.4 is 10.6 Å². The van der Waals surface area contributed by atoms with Gasteiger partial charge in [0.25, 0.3) is 0 Å². The predicted molar refractivity (Wildman–Crippen MR) is 69.9 cm³/mol. The van der Waals surface area contributed by atoms with Crippen LogP contribution in [0.25, 0.3) is 0 Å². The highest BCUT2D eigenvalue weighted by atomic mass is 16.2. The van der Waals surface area contributed by atoms with Crippen molar-refractivity contribution in [1.82, 2.24) is 4.90 Å². The topological polar surface area (TPSA) is 49.6 Å². The minimum absolute atomic E-state index is 0.165. The Labute approximate surface area is 102 Å². The van der Waals surface area contributed by atoms with Gasteiger partial charge in [-0.15, -0.1) is 0 Å². The third kappa shape index (κ3) is 2.52. The second kappa shape index (κ2) is 4.65. The van der Waals surface area contributed by atoms with Gasteiger partial charge >= 0.3 is 0 Å². The first-order chi connectivity index (χ1) is 8.08. The van der Waals surface area contributed by atoms with Crippen molar-refractivity contribution in [2.75, 3.05) is 30.8 Å². The summed E-state index contributed by atoms with van der Waals surface area (Å²) in [6.45, 7) is 3.31. The number of carbonyl (C=O) groups is 1. The number of hydrogen-bond donors (Lipinski definition) is 1. The smallest absolute Gasteiger partial charge is 0.219 e. The first kappa shape index (κ1) is 11.8. The fraction of sp³-hybridized carbons (Fsp3) is 0.462.